The highest BCUT2D eigenvalue weighted by Gasteiger charge is 2.33. The number of hydrogen-bond acceptors (Lipinski definition) is 4. The first-order chi connectivity index (χ1) is 9.28. The van der Waals surface area contributed by atoms with Gasteiger partial charge in [0, 0.05) is 18.5 Å². The van der Waals surface area contributed by atoms with Crippen molar-refractivity contribution in [3.8, 4) is 0 Å². The van der Waals surface area contributed by atoms with Crippen LogP contribution in [-0.4, -0.2) is 31.9 Å². The normalized spacial score (nSPS) is 30.1. The third-order valence-electron chi connectivity index (χ3n) is 4.50. The van der Waals surface area contributed by atoms with Gasteiger partial charge in [-0.15, -0.1) is 10.2 Å². The summed E-state index contributed by atoms with van der Waals surface area (Å²) < 4.78 is 1.92. The van der Waals surface area contributed by atoms with Crippen LogP contribution in [0.25, 0.3) is 5.65 Å². The van der Waals surface area contributed by atoms with E-state index in [0.717, 1.165) is 41.6 Å². The first kappa shape index (κ1) is 11.3. The molecular weight excluding hydrogens is 238 g/mol. The molecule has 2 fully saturated rings. The van der Waals surface area contributed by atoms with Gasteiger partial charge in [-0.3, -0.25) is 0 Å². The van der Waals surface area contributed by atoms with Crippen molar-refractivity contribution in [2.24, 2.45) is 5.92 Å². The minimum Gasteiger partial charge on any atom is -0.311 e. The number of nitrogens with one attached hydrogen (secondary N) is 1. The van der Waals surface area contributed by atoms with Crippen LogP contribution < -0.4 is 5.32 Å². The lowest BCUT2D eigenvalue weighted by Crippen LogP contribution is -2.38. The van der Waals surface area contributed by atoms with Gasteiger partial charge in [0.1, 0.15) is 0 Å². The molecule has 19 heavy (non-hydrogen) atoms. The predicted octanol–water partition coefficient (Wildman–Crippen LogP) is 1.51. The molecule has 2 aliphatic heterocycles. The van der Waals surface area contributed by atoms with Gasteiger partial charge in [-0.05, 0) is 50.7 Å². The highest BCUT2D eigenvalue weighted by molar-refractivity contribution is 5.36. The highest BCUT2D eigenvalue weighted by Crippen LogP contribution is 2.32. The Morgan fingerprint density at radius 3 is 2.79 bits per heavy atom. The highest BCUT2D eigenvalue weighted by atomic mass is 15.4. The van der Waals surface area contributed by atoms with Crippen LogP contribution in [-0.2, 0) is 6.42 Å². The van der Waals surface area contributed by atoms with Gasteiger partial charge in [0.15, 0.2) is 11.5 Å². The summed E-state index contributed by atoms with van der Waals surface area (Å²) in [6.45, 7) is 2.01. The quantitative estimate of drug-likeness (QED) is 0.886. The van der Waals surface area contributed by atoms with Gasteiger partial charge < -0.3 is 5.32 Å². The summed E-state index contributed by atoms with van der Waals surface area (Å²) in [5.41, 5.74) is 1.87. The molecule has 2 unspecified atom stereocenters. The summed E-state index contributed by atoms with van der Waals surface area (Å²) in [5.74, 6) is 1.75. The van der Waals surface area contributed by atoms with Crippen molar-refractivity contribution in [2.45, 2.75) is 51.1 Å². The van der Waals surface area contributed by atoms with Crippen molar-refractivity contribution in [3.63, 3.8) is 0 Å². The van der Waals surface area contributed by atoms with Crippen LogP contribution in [0.5, 0.6) is 0 Å². The van der Waals surface area contributed by atoms with Crippen LogP contribution >= 0.6 is 0 Å². The van der Waals surface area contributed by atoms with Gasteiger partial charge in [-0.1, -0.05) is 0 Å². The fourth-order valence-corrected chi connectivity index (χ4v) is 3.65. The number of hydrogen-bond donors (Lipinski definition) is 1. The molecule has 0 aliphatic carbocycles. The maximum Gasteiger partial charge on any atom is 0.177 e. The summed E-state index contributed by atoms with van der Waals surface area (Å²) in [7, 11) is 0. The van der Waals surface area contributed by atoms with Gasteiger partial charge in [0.25, 0.3) is 0 Å². The Morgan fingerprint density at radius 1 is 1.21 bits per heavy atom. The molecule has 0 spiro atoms. The second kappa shape index (κ2) is 4.27. The lowest BCUT2D eigenvalue weighted by atomic mass is 9.89. The Hall–Kier alpha value is -1.49. The molecule has 4 rings (SSSR count). The zero-order valence-corrected chi connectivity index (χ0v) is 11.2. The number of nitrogens with zero attached hydrogens (tertiary/aromatic N) is 4. The lowest BCUT2D eigenvalue weighted by molar-refractivity contribution is 0.294. The second-order valence-electron chi connectivity index (χ2n) is 6.04. The number of aromatic nitrogens is 4. The van der Waals surface area contributed by atoms with Gasteiger partial charge in [-0.2, -0.15) is 9.61 Å². The van der Waals surface area contributed by atoms with E-state index in [0.29, 0.717) is 0 Å². The summed E-state index contributed by atoms with van der Waals surface area (Å²) in [6.07, 6.45) is 6.25. The third kappa shape index (κ3) is 2.02. The standard InChI is InChI=1S/C14H19N5/c1-9-2-5-13-16-17-14(19(13)18-9)8-10-6-11-3-4-12(7-10)15-11/h2,5,10-12,15H,3-4,6-8H2,1H3. The van der Waals surface area contributed by atoms with Crippen LogP contribution in [0.15, 0.2) is 12.1 Å². The molecule has 2 saturated heterocycles. The summed E-state index contributed by atoms with van der Waals surface area (Å²) in [5, 5.41) is 16.8. The molecule has 0 radical (unpaired) electrons. The molecule has 2 aromatic heterocycles. The first-order valence-corrected chi connectivity index (χ1v) is 7.22. The Bertz CT molecular complexity index is 593. The minimum absolute atomic E-state index is 0.730. The SMILES string of the molecule is Cc1ccc2nnc(CC3CC4CCC(C3)N4)n2n1. The van der Waals surface area contributed by atoms with Crippen LogP contribution in [0.1, 0.15) is 37.2 Å². The first-order valence-electron chi connectivity index (χ1n) is 7.22. The Balaban J connectivity index is 1.59. The minimum atomic E-state index is 0.730. The maximum atomic E-state index is 4.53. The molecule has 2 bridgehead atoms. The van der Waals surface area contributed by atoms with E-state index in [9.17, 15) is 0 Å². The average Bonchev–Trinajstić information content (AvgIpc) is 2.94. The lowest BCUT2D eigenvalue weighted by Gasteiger charge is -2.28. The van der Waals surface area contributed by atoms with Crippen molar-refractivity contribution >= 4 is 5.65 Å². The smallest absolute Gasteiger partial charge is 0.177 e. The van der Waals surface area contributed by atoms with Crippen molar-refractivity contribution in [1.82, 2.24) is 25.1 Å². The summed E-state index contributed by atoms with van der Waals surface area (Å²) in [6, 6.07) is 5.44. The topological polar surface area (TPSA) is 55.1 Å². The zero-order chi connectivity index (χ0) is 12.8. The maximum absolute atomic E-state index is 4.53. The molecule has 4 heterocycles. The van der Waals surface area contributed by atoms with E-state index in [-0.39, 0.29) is 0 Å². The molecule has 0 aromatic carbocycles. The molecule has 0 saturated carbocycles. The van der Waals surface area contributed by atoms with Gasteiger partial charge in [0.2, 0.25) is 0 Å². The Morgan fingerprint density at radius 2 is 2.00 bits per heavy atom. The van der Waals surface area contributed by atoms with Gasteiger partial charge >= 0.3 is 0 Å². The summed E-state index contributed by atoms with van der Waals surface area (Å²) >= 11 is 0. The van der Waals surface area contributed by atoms with Crippen molar-refractivity contribution in [1.29, 1.82) is 0 Å². The van der Waals surface area contributed by atoms with E-state index in [1.165, 1.54) is 25.7 Å². The molecule has 100 valence electrons. The number of piperidine rings is 1. The number of aryl methyl sites for hydroxylation is 1. The fourth-order valence-electron chi connectivity index (χ4n) is 3.65. The van der Waals surface area contributed by atoms with Crippen molar-refractivity contribution in [2.75, 3.05) is 0 Å². The van der Waals surface area contributed by atoms with Crippen LogP contribution in [0.4, 0.5) is 0 Å². The second-order valence-corrected chi connectivity index (χ2v) is 6.04. The number of fused-ring (bicyclic) bond motifs is 3. The molecular formula is C14H19N5. The molecule has 1 N–H and O–H groups in total. The molecule has 2 atom stereocenters. The fraction of sp³-hybridized carbons (Fsp3) is 0.643. The van der Waals surface area contributed by atoms with E-state index in [2.05, 4.69) is 20.6 Å². The largest absolute Gasteiger partial charge is 0.311 e. The molecule has 0 amide bonds. The van der Waals surface area contributed by atoms with Crippen molar-refractivity contribution in [3.05, 3.63) is 23.7 Å². The number of rotatable bonds is 2. The van der Waals surface area contributed by atoms with Gasteiger partial charge in [-0.25, -0.2) is 0 Å². The van der Waals surface area contributed by atoms with E-state index in [1.807, 2.05) is 23.6 Å². The van der Waals surface area contributed by atoms with E-state index >= 15 is 0 Å². The monoisotopic (exact) mass is 257 g/mol. The molecule has 5 heteroatoms. The predicted molar refractivity (Wildman–Crippen MR) is 71.9 cm³/mol. The zero-order valence-electron chi connectivity index (χ0n) is 11.2. The van der Waals surface area contributed by atoms with Crippen LogP contribution in [0.3, 0.4) is 0 Å². The van der Waals surface area contributed by atoms with E-state index in [1.54, 1.807) is 0 Å². The Labute approximate surface area is 112 Å². The van der Waals surface area contributed by atoms with Crippen LogP contribution in [0.2, 0.25) is 0 Å². The summed E-state index contributed by atoms with van der Waals surface area (Å²) in [4.78, 5) is 0. The van der Waals surface area contributed by atoms with E-state index < -0.39 is 0 Å². The van der Waals surface area contributed by atoms with Crippen LogP contribution in [0, 0.1) is 12.8 Å². The molecule has 2 aliphatic rings. The Kier molecular flexibility index (Phi) is 2.55. The van der Waals surface area contributed by atoms with E-state index in [4.69, 9.17) is 0 Å². The third-order valence-corrected chi connectivity index (χ3v) is 4.50. The van der Waals surface area contributed by atoms with Gasteiger partial charge in [0.05, 0.1) is 5.69 Å². The molecule has 5 nitrogen and oxygen atoms in total. The average molecular weight is 257 g/mol. The van der Waals surface area contributed by atoms with Crippen molar-refractivity contribution < 1.29 is 0 Å². The molecule has 2 aromatic rings.